The number of ether oxygens (including phenoxy) is 1. The number of guanidine groups is 1. The van der Waals surface area contributed by atoms with Gasteiger partial charge in [-0.2, -0.15) is 0 Å². The molecular weight excluding hydrogens is 483 g/mol. The van der Waals surface area contributed by atoms with Gasteiger partial charge in [-0.1, -0.05) is 25.0 Å². The third kappa shape index (κ3) is 7.02. The fraction of sp³-hybridized carbons (Fsp3) is 0.619. The minimum atomic E-state index is -0.692. The van der Waals surface area contributed by atoms with E-state index in [2.05, 4.69) is 15.6 Å². The predicted molar refractivity (Wildman–Crippen MR) is 127 cm³/mol. The van der Waals surface area contributed by atoms with E-state index >= 15 is 0 Å². The van der Waals surface area contributed by atoms with Gasteiger partial charge in [-0.05, 0) is 37.5 Å². The van der Waals surface area contributed by atoms with Crippen LogP contribution < -0.4 is 15.4 Å². The number of rotatable bonds is 8. The van der Waals surface area contributed by atoms with E-state index in [1.807, 2.05) is 31.2 Å². The molecule has 1 aromatic carbocycles. The first-order valence-corrected chi connectivity index (χ1v) is 9.98. The number of benzene rings is 1. The standard InChI is InChI=1S/C21H34N4O3.HI/c1-5-22-20(23-14-18(26)16-9-8-10-17(13-16)28-4)24-15-21(11-6-7-12-21)19(27)25(2)3;/h8-10,13,18,26H,5-7,11-12,14-15H2,1-4H3,(H2,22,23,24);1H. The summed E-state index contributed by atoms with van der Waals surface area (Å²) in [5.74, 6) is 1.48. The van der Waals surface area contributed by atoms with Gasteiger partial charge < -0.3 is 25.4 Å². The van der Waals surface area contributed by atoms with E-state index in [9.17, 15) is 9.90 Å². The van der Waals surface area contributed by atoms with Crippen LogP contribution in [0.25, 0.3) is 0 Å². The molecule has 0 heterocycles. The number of nitrogens with one attached hydrogen (secondary N) is 2. The molecule has 0 aromatic heterocycles. The Hall–Kier alpha value is -1.55. The van der Waals surface area contributed by atoms with Crippen molar-refractivity contribution in [3.8, 4) is 5.75 Å². The Balaban J connectivity index is 0.00000420. The summed E-state index contributed by atoms with van der Waals surface area (Å²) in [6, 6.07) is 7.38. The molecule has 1 saturated carbocycles. The van der Waals surface area contributed by atoms with Crippen LogP contribution in [-0.2, 0) is 4.79 Å². The van der Waals surface area contributed by atoms with E-state index in [-0.39, 0.29) is 29.9 Å². The highest BCUT2D eigenvalue weighted by Gasteiger charge is 2.42. The molecule has 0 spiro atoms. The van der Waals surface area contributed by atoms with E-state index in [1.165, 1.54) is 0 Å². The summed E-state index contributed by atoms with van der Waals surface area (Å²) in [6.45, 7) is 3.46. The molecule has 1 aromatic rings. The topological polar surface area (TPSA) is 86.2 Å². The molecule has 1 aliphatic rings. The Labute approximate surface area is 191 Å². The first-order valence-electron chi connectivity index (χ1n) is 9.98. The van der Waals surface area contributed by atoms with Crippen molar-refractivity contribution in [3.05, 3.63) is 29.8 Å². The first kappa shape index (κ1) is 25.5. The summed E-state index contributed by atoms with van der Waals surface area (Å²) in [5.41, 5.74) is 0.370. The summed E-state index contributed by atoms with van der Waals surface area (Å²) in [4.78, 5) is 19.1. The van der Waals surface area contributed by atoms with Crippen LogP contribution in [0.3, 0.4) is 0 Å². The lowest BCUT2D eigenvalue weighted by Gasteiger charge is -2.29. The Morgan fingerprint density at radius 3 is 2.59 bits per heavy atom. The Bertz CT molecular complexity index is 676. The van der Waals surface area contributed by atoms with Crippen molar-refractivity contribution in [2.24, 2.45) is 10.4 Å². The molecule has 7 nitrogen and oxygen atoms in total. The highest BCUT2D eigenvalue weighted by molar-refractivity contribution is 14.0. The van der Waals surface area contributed by atoms with Crippen LogP contribution in [-0.4, -0.2) is 62.7 Å². The quantitative estimate of drug-likeness (QED) is 0.280. The zero-order valence-corrected chi connectivity index (χ0v) is 20.2. The van der Waals surface area contributed by atoms with Crippen molar-refractivity contribution < 1.29 is 14.6 Å². The third-order valence-electron chi connectivity index (χ3n) is 5.25. The molecule has 0 aliphatic heterocycles. The second kappa shape index (κ2) is 12.2. The van der Waals surface area contributed by atoms with E-state index in [4.69, 9.17) is 4.74 Å². The van der Waals surface area contributed by atoms with Gasteiger partial charge in [0.15, 0.2) is 5.96 Å². The van der Waals surface area contributed by atoms with Crippen molar-refractivity contribution in [1.29, 1.82) is 0 Å². The van der Waals surface area contributed by atoms with Crippen LogP contribution in [0.1, 0.15) is 44.3 Å². The number of carbonyl (C=O) groups is 1. The van der Waals surface area contributed by atoms with Gasteiger partial charge in [-0.25, -0.2) is 0 Å². The monoisotopic (exact) mass is 518 g/mol. The maximum Gasteiger partial charge on any atom is 0.230 e. The zero-order chi connectivity index (χ0) is 20.6. The highest BCUT2D eigenvalue weighted by atomic mass is 127. The average molecular weight is 518 g/mol. The summed E-state index contributed by atoms with van der Waals surface area (Å²) >= 11 is 0. The van der Waals surface area contributed by atoms with Gasteiger partial charge >= 0.3 is 0 Å². The number of carbonyl (C=O) groups excluding carboxylic acids is 1. The summed E-state index contributed by atoms with van der Waals surface area (Å²) in [5, 5.41) is 16.9. The number of aliphatic imine (C=N–C) groups is 1. The second-order valence-electron chi connectivity index (χ2n) is 7.56. The molecule has 8 heteroatoms. The van der Waals surface area contributed by atoms with Crippen LogP contribution in [0.15, 0.2) is 29.3 Å². The molecule has 29 heavy (non-hydrogen) atoms. The summed E-state index contributed by atoms with van der Waals surface area (Å²) < 4.78 is 5.21. The molecule has 1 atom stereocenters. The Kier molecular flexibility index (Phi) is 10.7. The molecule has 1 unspecified atom stereocenters. The minimum absolute atomic E-state index is 0. The zero-order valence-electron chi connectivity index (χ0n) is 17.9. The third-order valence-corrected chi connectivity index (χ3v) is 5.25. The predicted octanol–water partition coefficient (Wildman–Crippen LogP) is 2.55. The van der Waals surface area contributed by atoms with Gasteiger partial charge in [0.2, 0.25) is 5.91 Å². The van der Waals surface area contributed by atoms with E-state index in [0.717, 1.165) is 31.2 Å². The van der Waals surface area contributed by atoms with Crippen molar-refractivity contribution in [3.63, 3.8) is 0 Å². The smallest absolute Gasteiger partial charge is 0.230 e. The molecule has 1 amide bonds. The number of aliphatic hydroxyl groups excluding tert-OH is 1. The number of halogens is 1. The van der Waals surface area contributed by atoms with Crippen molar-refractivity contribution in [2.45, 2.75) is 38.7 Å². The SMILES string of the molecule is CCNC(=NCC1(C(=O)N(C)C)CCCC1)NCC(O)c1cccc(OC)c1.I. The van der Waals surface area contributed by atoms with Crippen LogP contribution in [0.2, 0.25) is 0 Å². The molecule has 2 rings (SSSR count). The molecule has 3 N–H and O–H groups in total. The fourth-order valence-corrected chi connectivity index (χ4v) is 3.70. The number of methoxy groups -OCH3 is 1. The van der Waals surface area contributed by atoms with E-state index < -0.39 is 11.5 Å². The van der Waals surface area contributed by atoms with Gasteiger partial charge in [0.1, 0.15) is 5.75 Å². The molecule has 1 fully saturated rings. The normalized spacial score (nSPS) is 16.5. The minimum Gasteiger partial charge on any atom is -0.497 e. The maximum absolute atomic E-state index is 12.7. The van der Waals surface area contributed by atoms with E-state index in [1.54, 1.807) is 26.1 Å². The summed E-state index contributed by atoms with van der Waals surface area (Å²) in [7, 11) is 5.22. The molecular formula is C21H35IN4O3. The number of hydrogen-bond acceptors (Lipinski definition) is 4. The van der Waals surface area contributed by atoms with Gasteiger partial charge in [-0.15, -0.1) is 24.0 Å². The van der Waals surface area contributed by atoms with Crippen LogP contribution >= 0.6 is 24.0 Å². The first-order chi connectivity index (χ1) is 13.4. The summed E-state index contributed by atoms with van der Waals surface area (Å²) in [6.07, 6.45) is 3.18. The van der Waals surface area contributed by atoms with Crippen LogP contribution in [0, 0.1) is 5.41 Å². The maximum atomic E-state index is 12.7. The molecule has 0 saturated heterocycles. The van der Waals surface area contributed by atoms with E-state index in [0.29, 0.717) is 31.3 Å². The lowest BCUT2D eigenvalue weighted by molar-refractivity contribution is -0.138. The van der Waals surface area contributed by atoms with Gasteiger partial charge in [0.05, 0.1) is 25.2 Å². The Morgan fingerprint density at radius 2 is 2.00 bits per heavy atom. The highest BCUT2D eigenvalue weighted by Crippen LogP contribution is 2.39. The van der Waals surface area contributed by atoms with Gasteiger partial charge in [-0.3, -0.25) is 9.79 Å². The number of aliphatic hydroxyl groups is 1. The molecule has 0 bridgehead atoms. The lowest BCUT2D eigenvalue weighted by Crippen LogP contribution is -2.43. The Morgan fingerprint density at radius 1 is 1.31 bits per heavy atom. The molecule has 1 aliphatic carbocycles. The number of hydrogen-bond donors (Lipinski definition) is 3. The van der Waals surface area contributed by atoms with Crippen LogP contribution in [0.4, 0.5) is 0 Å². The van der Waals surface area contributed by atoms with Gasteiger partial charge in [0, 0.05) is 27.2 Å². The number of amides is 1. The largest absolute Gasteiger partial charge is 0.497 e. The average Bonchev–Trinajstić information content (AvgIpc) is 3.19. The fourth-order valence-electron chi connectivity index (χ4n) is 3.70. The molecule has 0 radical (unpaired) electrons. The molecule has 164 valence electrons. The van der Waals surface area contributed by atoms with Crippen LogP contribution in [0.5, 0.6) is 5.75 Å². The van der Waals surface area contributed by atoms with Crippen molar-refractivity contribution >= 4 is 35.8 Å². The lowest BCUT2D eigenvalue weighted by atomic mass is 9.85. The van der Waals surface area contributed by atoms with Crippen molar-refractivity contribution in [2.75, 3.05) is 40.8 Å². The van der Waals surface area contributed by atoms with Gasteiger partial charge in [0.25, 0.3) is 0 Å². The van der Waals surface area contributed by atoms with Crippen molar-refractivity contribution in [1.82, 2.24) is 15.5 Å². The second-order valence-corrected chi connectivity index (χ2v) is 7.56. The number of nitrogens with zero attached hydrogens (tertiary/aromatic N) is 2.